The predicted molar refractivity (Wildman–Crippen MR) is 73.0 cm³/mol. The second-order valence-corrected chi connectivity index (χ2v) is 5.49. The highest BCUT2D eigenvalue weighted by Crippen LogP contribution is 2.23. The number of hydrogen-bond donors (Lipinski definition) is 1. The molecule has 2 aromatic rings. The highest BCUT2D eigenvalue weighted by Gasteiger charge is 2.20. The minimum Gasteiger partial charge on any atom is -0.456 e. The fourth-order valence-electron chi connectivity index (χ4n) is 1.75. The molecule has 0 unspecified atom stereocenters. The SMILES string of the molecule is CC(C)(C)OC(=O)c1c[nH]c2ccc(CCl)cc12. The summed E-state index contributed by atoms with van der Waals surface area (Å²) < 4.78 is 5.37. The second-order valence-electron chi connectivity index (χ2n) is 5.22. The van der Waals surface area contributed by atoms with Crippen LogP contribution in [0.25, 0.3) is 10.9 Å². The Bertz CT molecular complexity index is 581. The first kappa shape index (κ1) is 13.0. The van der Waals surface area contributed by atoms with Crippen molar-refractivity contribution in [2.45, 2.75) is 32.3 Å². The Balaban J connectivity index is 2.42. The van der Waals surface area contributed by atoms with E-state index >= 15 is 0 Å². The smallest absolute Gasteiger partial charge is 0.340 e. The van der Waals surface area contributed by atoms with E-state index in [1.165, 1.54) is 0 Å². The normalized spacial score (nSPS) is 11.8. The molecule has 18 heavy (non-hydrogen) atoms. The van der Waals surface area contributed by atoms with Crippen LogP contribution in [0.5, 0.6) is 0 Å². The summed E-state index contributed by atoms with van der Waals surface area (Å²) in [4.78, 5) is 15.1. The Morgan fingerprint density at radius 3 is 2.72 bits per heavy atom. The molecule has 0 saturated carbocycles. The highest BCUT2D eigenvalue weighted by molar-refractivity contribution is 6.17. The molecule has 1 heterocycles. The van der Waals surface area contributed by atoms with Gasteiger partial charge in [-0.1, -0.05) is 6.07 Å². The number of carbonyl (C=O) groups excluding carboxylic acids is 1. The number of fused-ring (bicyclic) bond motifs is 1. The van der Waals surface area contributed by atoms with E-state index < -0.39 is 5.60 Å². The number of benzene rings is 1. The lowest BCUT2D eigenvalue weighted by Crippen LogP contribution is -2.23. The third kappa shape index (κ3) is 2.67. The van der Waals surface area contributed by atoms with Gasteiger partial charge in [0, 0.05) is 23.0 Å². The van der Waals surface area contributed by atoms with Gasteiger partial charge in [-0.25, -0.2) is 4.79 Å². The van der Waals surface area contributed by atoms with Gasteiger partial charge in [-0.3, -0.25) is 0 Å². The number of aromatic nitrogens is 1. The third-order valence-electron chi connectivity index (χ3n) is 2.52. The van der Waals surface area contributed by atoms with Gasteiger partial charge in [0.25, 0.3) is 0 Å². The molecule has 0 fully saturated rings. The number of ether oxygens (including phenoxy) is 1. The van der Waals surface area contributed by atoms with Crippen molar-refractivity contribution < 1.29 is 9.53 Å². The average molecular weight is 266 g/mol. The van der Waals surface area contributed by atoms with Gasteiger partial charge in [-0.2, -0.15) is 0 Å². The standard InChI is InChI=1S/C14H16ClNO2/c1-14(2,3)18-13(17)11-8-16-12-5-4-9(7-15)6-10(11)12/h4-6,8,16H,7H2,1-3H3. The van der Waals surface area contributed by atoms with Crippen LogP contribution >= 0.6 is 11.6 Å². The van der Waals surface area contributed by atoms with Crippen LogP contribution in [0, 0.1) is 0 Å². The Hall–Kier alpha value is -1.48. The first-order chi connectivity index (χ1) is 8.40. The topological polar surface area (TPSA) is 42.1 Å². The zero-order chi connectivity index (χ0) is 13.3. The molecule has 2 rings (SSSR count). The van der Waals surface area contributed by atoms with Crippen molar-refractivity contribution in [1.82, 2.24) is 4.98 Å². The molecule has 0 aliphatic carbocycles. The maximum absolute atomic E-state index is 12.1. The van der Waals surface area contributed by atoms with E-state index in [-0.39, 0.29) is 5.97 Å². The molecule has 3 nitrogen and oxygen atoms in total. The zero-order valence-electron chi connectivity index (χ0n) is 10.7. The van der Waals surface area contributed by atoms with Gasteiger partial charge in [-0.05, 0) is 38.5 Å². The van der Waals surface area contributed by atoms with E-state index in [1.54, 1.807) is 6.20 Å². The van der Waals surface area contributed by atoms with Gasteiger partial charge in [0.15, 0.2) is 0 Å². The Morgan fingerprint density at radius 1 is 1.39 bits per heavy atom. The van der Waals surface area contributed by atoms with Crippen LogP contribution in [0.1, 0.15) is 36.7 Å². The number of H-pyrrole nitrogens is 1. The molecular weight excluding hydrogens is 250 g/mol. The fraction of sp³-hybridized carbons (Fsp3) is 0.357. The van der Waals surface area contributed by atoms with Crippen LogP contribution in [0.4, 0.5) is 0 Å². The molecule has 0 aliphatic rings. The molecule has 0 atom stereocenters. The van der Waals surface area contributed by atoms with Gasteiger partial charge < -0.3 is 9.72 Å². The monoisotopic (exact) mass is 265 g/mol. The number of esters is 1. The molecule has 1 aromatic heterocycles. The van der Waals surface area contributed by atoms with Crippen molar-refractivity contribution in [2.75, 3.05) is 0 Å². The maximum Gasteiger partial charge on any atom is 0.340 e. The molecule has 4 heteroatoms. The lowest BCUT2D eigenvalue weighted by molar-refractivity contribution is 0.00719. The van der Waals surface area contributed by atoms with Crippen LogP contribution in [0.3, 0.4) is 0 Å². The second kappa shape index (κ2) is 4.65. The van der Waals surface area contributed by atoms with Gasteiger partial charge in [-0.15, -0.1) is 11.6 Å². The van der Waals surface area contributed by atoms with Crippen molar-refractivity contribution in [2.24, 2.45) is 0 Å². The Kier molecular flexibility index (Phi) is 3.35. The van der Waals surface area contributed by atoms with E-state index in [0.29, 0.717) is 11.4 Å². The van der Waals surface area contributed by atoms with Crippen LogP contribution in [-0.4, -0.2) is 16.6 Å². The van der Waals surface area contributed by atoms with Crippen molar-refractivity contribution in [3.63, 3.8) is 0 Å². The number of alkyl halides is 1. The van der Waals surface area contributed by atoms with E-state index in [9.17, 15) is 4.79 Å². The molecule has 0 saturated heterocycles. The lowest BCUT2D eigenvalue weighted by Gasteiger charge is -2.19. The number of hydrogen-bond acceptors (Lipinski definition) is 2. The number of nitrogens with one attached hydrogen (secondary N) is 1. The molecule has 1 N–H and O–H groups in total. The average Bonchev–Trinajstić information content (AvgIpc) is 2.69. The highest BCUT2D eigenvalue weighted by atomic mass is 35.5. The molecular formula is C14H16ClNO2. The number of carbonyl (C=O) groups is 1. The summed E-state index contributed by atoms with van der Waals surface area (Å²) >= 11 is 5.81. The van der Waals surface area contributed by atoms with Crippen LogP contribution in [0.15, 0.2) is 24.4 Å². The maximum atomic E-state index is 12.1. The molecule has 0 amide bonds. The Morgan fingerprint density at radius 2 is 2.11 bits per heavy atom. The number of aromatic amines is 1. The summed E-state index contributed by atoms with van der Waals surface area (Å²) in [5.41, 5.74) is 1.94. The van der Waals surface area contributed by atoms with Crippen LogP contribution in [0.2, 0.25) is 0 Å². The molecule has 0 aliphatic heterocycles. The first-order valence-corrected chi connectivity index (χ1v) is 6.33. The minimum absolute atomic E-state index is 0.319. The van der Waals surface area contributed by atoms with E-state index in [4.69, 9.17) is 16.3 Å². The summed E-state index contributed by atoms with van der Waals surface area (Å²) in [5, 5.41) is 0.849. The summed E-state index contributed by atoms with van der Waals surface area (Å²) in [6, 6.07) is 5.77. The van der Waals surface area contributed by atoms with Gasteiger partial charge in [0.05, 0.1) is 5.56 Å². The van der Waals surface area contributed by atoms with Gasteiger partial charge in [0.2, 0.25) is 0 Å². The minimum atomic E-state index is -0.495. The van der Waals surface area contributed by atoms with E-state index in [0.717, 1.165) is 16.5 Å². The van der Waals surface area contributed by atoms with Gasteiger partial charge >= 0.3 is 5.97 Å². The molecule has 96 valence electrons. The molecule has 1 aromatic carbocycles. The van der Waals surface area contributed by atoms with E-state index in [1.807, 2.05) is 39.0 Å². The molecule has 0 bridgehead atoms. The first-order valence-electron chi connectivity index (χ1n) is 5.80. The van der Waals surface area contributed by atoms with Gasteiger partial charge in [0.1, 0.15) is 5.60 Å². The van der Waals surface area contributed by atoms with Crippen molar-refractivity contribution >= 4 is 28.5 Å². The summed E-state index contributed by atoms with van der Waals surface area (Å²) in [6.45, 7) is 5.55. The zero-order valence-corrected chi connectivity index (χ0v) is 11.5. The summed E-state index contributed by atoms with van der Waals surface area (Å²) in [7, 11) is 0. The van der Waals surface area contributed by atoms with Crippen LogP contribution in [-0.2, 0) is 10.6 Å². The van der Waals surface area contributed by atoms with E-state index in [2.05, 4.69) is 4.98 Å². The summed E-state index contributed by atoms with van der Waals surface area (Å²) in [5.74, 6) is 0.106. The van der Waals surface area contributed by atoms with Crippen LogP contribution < -0.4 is 0 Å². The summed E-state index contributed by atoms with van der Waals surface area (Å²) in [6.07, 6.45) is 1.68. The third-order valence-corrected chi connectivity index (χ3v) is 2.83. The predicted octanol–water partition coefficient (Wildman–Crippen LogP) is 3.86. The number of halogens is 1. The fourth-order valence-corrected chi connectivity index (χ4v) is 1.92. The molecule has 0 radical (unpaired) electrons. The Labute approximate surface area is 111 Å². The van der Waals surface area contributed by atoms with Crippen molar-refractivity contribution in [3.05, 3.63) is 35.5 Å². The lowest BCUT2D eigenvalue weighted by atomic mass is 10.1. The quantitative estimate of drug-likeness (QED) is 0.662. The molecule has 0 spiro atoms. The largest absolute Gasteiger partial charge is 0.456 e. The van der Waals surface area contributed by atoms with Crippen molar-refractivity contribution in [3.8, 4) is 0 Å². The van der Waals surface area contributed by atoms with Crippen molar-refractivity contribution in [1.29, 1.82) is 0 Å². The number of rotatable bonds is 2.